The lowest BCUT2D eigenvalue weighted by Gasteiger charge is -2.28. The number of rotatable bonds is 3. The van der Waals surface area contributed by atoms with Crippen molar-refractivity contribution in [2.45, 2.75) is 31.9 Å². The van der Waals surface area contributed by atoms with Crippen LogP contribution in [0.1, 0.15) is 20.3 Å². The molecule has 0 aromatic heterocycles. The quantitative estimate of drug-likeness (QED) is 0.704. The Kier molecular flexibility index (Phi) is 5.24. The van der Waals surface area contributed by atoms with Crippen molar-refractivity contribution in [2.24, 2.45) is 5.92 Å². The monoisotopic (exact) mass is 238 g/mol. The van der Waals surface area contributed by atoms with Gasteiger partial charge in [-0.15, -0.1) is 11.6 Å². The zero-order chi connectivity index (χ0) is 10.6. The van der Waals surface area contributed by atoms with Gasteiger partial charge in [0.25, 0.3) is 0 Å². The van der Waals surface area contributed by atoms with Gasteiger partial charge in [0, 0.05) is 11.0 Å². The molecule has 1 fully saturated rings. The van der Waals surface area contributed by atoms with Crippen LogP contribution in [0.25, 0.3) is 0 Å². The molecule has 1 rings (SSSR count). The van der Waals surface area contributed by atoms with Gasteiger partial charge in [0.15, 0.2) is 6.29 Å². The number of hydrogen-bond donors (Lipinski definition) is 0. The fraction of sp³-hybridized carbons (Fsp3) is 0.800. The van der Waals surface area contributed by atoms with Crippen LogP contribution in [0.15, 0.2) is 11.1 Å². The van der Waals surface area contributed by atoms with Crippen LogP contribution in [0.2, 0.25) is 0 Å². The summed E-state index contributed by atoms with van der Waals surface area (Å²) < 4.78 is 10.9. The first-order chi connectivity index (χ1) is 6.61. The minimum absolute atomic E-state index is 0.0539. The summed E-state index contributed by atoms with van der Waals surface area (Å²) in [4.78, 5) is 0. The molecule has 0 radical (unpaired) electrons. The summed E-state index contributed by atoms with van der Waals surface area (Å²) in [5, 5.41) is 0.646. The Morgan fingerprint density at radius 2 is 1.93 bits per heavy atom. The number of ether oxygens (including phenoxy) is 2. The van der Waals surface area contributed by atoms with Crippen LogP contribution in [0, 0.1) is 5.92 Å². The van der Waals surface area contributed by atoms with Crippen LogP contribution in [-0.4, -0.2) is 24.9 Å². The van der Waals surface area contributed by atoms with Gasteiger partial charge < -0.3 is 9.47 Å². The first kappa shape index (κ1) is 12.3. The average molecular weight is 239 g/mol. The van der Waals surface area contributed by atoms with Crippen molar-refractivity contribution < 1.29 is 9.47 Å². The van der Waals surface area contributed by atoms with E-state index < -0.39 is 0 Å². The second kappa shape index (κ2) is 5.96. The zero-order valence-corrected chi connectivity index (χ0v) is 10.0. The molecular formula is C10H16Cl2O2. The molecule has 0 saturated carbocycles. The van der Waals surface area contributed by atoms with Crippen LogP contribution in [-0.2, 0) is 9.47 Å². The van der Waals surface area contributed by atoms with Gasteiger partial charge in [-0.05, 0) is 13.3 Å². The fourth-order valence-electron chi connectivity index (χ4n) is 1.30. The third kappa shape index (κ3) is 3.77. The highest BCUT2D eigenvalue weighted by Gasteiger charge is 2.23. The summed E-state index contributed by atoms with van der Waals surface area (Å²) in [5.74, 6) is 0.0539. The predicted molar refractivity (Wildman–Crippen MR) is 58.7 cm³/mol. The predicted octanol–water partition coefficient (Wildman–Crippen LogP) is 3.14. The highest BCUT2D eigenvalue weighted by molar-refractivity contribution is 6.31. The van der Waals surface area contributed by atoms with Crippen molar-refractivity contribution in [3.63, 3.8) is 0 Å². The van der Waals surface area contributed by atoms with E-state index in [-0.39, 0.29) is 17.6 Å². The highest BCUT2D eigenvalue weighted by Crippen LogP contribution is 2.25. The number of alkyl halides is 1. The first-order valence-electron chi connectivity index (χ1n) is 4.85. The molecule has 2 atom stereocenters. The van der Waals surface area contributed by atoms with Gasteiger partial charge in [-0.25, -0.2) is 0 Å². The molecule has 1 aliphatic heterocycles. The Morgan fingerprint density at radius 1 is 1.36 bits per heavy atom. The van der Waals surface area contributed by atoms with Gasteiger partial charge in [-0.2, -0.15) is 0 Å². The van der Waals surface area contributed by atoms with Gasteiger partial charge in [0.05, 0.1) is 18.6 Å². The van der Waals surface area contributed by atoms with Crippen LogP contribution >= 0.6 is 23.2 Å². The van der Waals surface area contributed by atoms with Gasteiger partial charge in [-0.1, -0.05) is 24.6 Å². The summed E-state index contributed by atoms with van der Waals surface area (Å²) in [6.07, 6.45) is 2.55. The van der Waals surface area contributed by atoms with Crippen LogP contribution < -0.4 is 0 Å². The maximum Gasteiger partial charge on any atom is 0.164 e. The Labute approximate surface area is 95.2 Å². The lowest BCUT2D eigenvalue weighted by atomic mass is 10.1. The van der Waals surface area contributed by atoms with Gasteiger partial charge in [0.2, 0.25) is 0 Å². The maximum atomic E-state index is 6.08. The Bertz CT molecular complexity index is 198. The van der Waals surface area contributed by atoms with E-state index in [4.69, 9.17) is 32.7 Å². The third-order valence-electron chi connectivity index (χ3n) is 2.09. The van der Waals surface area contributed by atoms with Crippen LogP contribution in [0.5, 0.6) is 0 Å². The molecule has 4 heteroatoms. The highest BCUT2D eigenvalue weighted by atomic mass is 35.5. The molecule has 0 aromatic rings. The standard InChI is InChI=1S/C10H16Cl2O2/c1-7(11)6-9(12)8(2)10-13-4-3-5-14-10/h6-8,10H,3-5H2,1-2H3/b9-6+/t7-,8?/m1/s1. The molecule has 0 N–H and O–H groups in total. The largest absolute Gasteiger partial charge is 0.352 e. The van der Waals surface area contributed by atoms with Crippen molar-refractivity contribution in [2.75, 3.05) is 13.2 Å². The average Bonchev–Trinajstić information content (AvgIpc) is 2.17. The molecule has 1 saturated heterocycles. The van der Waals surface area contributed by atoms with Crippen molar-refractivity contribution in [1.29, 1.82) is 0 Å². The first-order valence-corrected chi connectivity index (χ1v) is 5.67. The minimum Gasteiger partial charge on any atom is -0.352 e. The lowest BCUT2D eigenvalue weighted by Crippen LogP contribution is -2.31. The number of allylic oxidation sites excluding steroid dienone is 1. The van der Waals surface area contributed by atoms with E-state index in [0.29, 0.717) is 5.03 Å². The van der Waals surface area contributed by atoms with E-state index in [0.717, 1.165) is 19.6 Å². The summed E-state index contributed by atoms with van der Waals surface area (Å²) in [6.45, 7) is 5.35. The van der Waals surface area contributed by atoms with Crippen molar-refractivity contribution in [3.8, 4) is 0 Å². The molecule has 82 valence electrons. The topological polar surface area (TPSA) is 18.5 Å². The fourth-order valence-corrected chi connectivity index (χ4v) is 1.79. The van der Waals surface area contributed by atoms with Crippen molar-refractivity contribution in [1.82, 2.24) is 0 Å². The SMILES string of the molecule is CC(/C(Cl)=C\[C@@H](C)Cl)C1OCCCO1. The number of hydrogen-bond acceptors (Lipinski definition) is 2. The molecule has 0 bridgehead atoms. The van der Waals surface area contributed by atoms with Gasteiger partial charge >= 0.3 is 0 Å². The summed E-state index contributed by atoms with van der Waals surface area (Å²) in [6, 6.07) is 0. The summed E-state index contributed by atoms with van der Waals surface area (Å²) in [5.41, 5.74) is 0. The minimum atomic E-state index is -0.220. The van der Waals surface area contributed by atoms with Crippen molar-refractivity contribution in [3.05, 3.63) is 11.1 Å². The van der Waals surface area contributed by atoms with Gasteiger partial charge in [-0.3, -0.25) is 0 Å². The molecule has 0 amide bonds. The van der Waals surface area contributed by atoms with E-state index in [1.165, 1.54) is 0 Å². The molecule has 1 aliphatic rings. The molecule has 0 spiro atoms. The molecular weight excluding hydrogens is 223 g/mol. The molecule has 1 heterocycles. The molecule has 0 aliphatic carbocycles. The Hall–Kier alpha value is 0.240. The molecule has 1 unspecified atom stereocenters. The van der Waals surface area contributed by atoms with E-state index in [2.05, 4.69) is 0 Å². The second-order valence-corrected chi connectivity index (χ2v) is 4.61. The van der Waals surface area contributed by atoms with Gasteiger partial charge in [0.1, 0.15) is 0 Å². The van der Waals surface area contributed by atoms with Crippen molar-refractivity contribution >= 4 is 23.2 Å². The van der Waals surface area contributed by atoms with E-state index in [1.54, 1.807) is 0 Å². The zero-order valence-electron chi connectivity index (χ0n) is 8.50. The van der Waals surface area contributed by atoms with Crippen LogP contribution in [0.3, 0.4) is 0 Å². The smallest absolute Gasteiger partial charge is 0.164 e. The summed E-state index contributed by atoms with van der Waals surface area (Å²) in [7, 11) is 0. The normalized spacial score (nSPS) is 24.7. The molecule has 2 nitrogen and oxygen atoms in total. The molecule has 14 heavy (non-hydrogen) atoms. The van der Waals surface area contributed by atoms with E-state index >= 15 is 0 Å². The van der Waals surface area contributed by atoms with E-state index in [1.807, 2.05) is 19.9 Å². The summed E-state index contributed by atoms with van der Waals surface area (Å²) >= 11 is 11.9. The second-order valence-electron chi connectivity index (χ2n) is 3.48. The Morgan fingerprint density at radius 3 is 2.43 bits per heavy atom. The molecule has 0 aromatic carbocycles. The maximum absolute atomic E-state index is 6.08. The van der Waals surface area contributed by atoms with E-state index in [9.17, 15) is 0 Å². The third-order valence-corrected chi connectivity index (χ3v) is 2.68. The number of halogens is 2. The van der Waals surface area contributed by atoms with Crippen LogP contribution in [0.4, 0.5) is 0 Å². The Balaban J connectivity index is 2.49. The lowest BCUT2D eigenvalue weighted by molar-refractivity contribution is -0.194.